The summed E-state index contributed by atoms with van der Waals surface area (Å²) in [5.41, 5.74) is 1.29. The number of nitriles is 1. The first-order valence-corrected chi connectivity index (χ1v) is 4.34. The van der Waals surface area contributed by atoms with E-state index in [-0.39, 0.29) is 5.92 Å². The van der Waals surface area contributed by atoms with Gasteiger partial charge in [0, 0.05) is 0 Å². The van der Waals surface area contributed by atoms with Gasteiger partial charge in [0.15, 0.2) is 0 Å². The van der Waals surface area contributed by atoms with E-state index in [9.17, 15) is 0 Å². The van der Waals surface area contributed by atoms with Crippen molar-refractivity contribution in [3.05, 3.63) is 23.8 Å². The number of nitrogens with zero attached hydrogens (tertiary/aromatic N) is 1. The quantitative estimate of drug-likeness (QED) is 0.582. The minimum Gasteiger partial charge on any atom is -0.198 e. The van der Waals surface area contributed by atoms with Crippen molar-refractivity contribution in [2.75, 3.05) is 0 Å². The lowest BCUT2D eigenvalue weighted by Crippen LogP contribution is -1.92. The molecule has 0 saturated heterocycles. The summed E-state index contributed by atoms with van der Waals surface area (Å²) in [6.45, 7) is 6.10. The zero-order chi connectivity index (χ0) is 9.40. The molecule has 1 heteroatoms. The topological polar surface area (TPSA) is 23.8 Å². The molecule has 0 aliphatic carbocycles. The van der Waals surface area contributed by atoms with Gasteiger partial charge < -0.3 is 0 Å². The van der Waals surface area contributed by atoms with Gasteiger partial charge in [-0.3, -0.25) is 0 Å². The third kappa shape index (κ3) is 5.73. The zero-order valence-electron chi connectivity index (χ0n) is 8.17. The molecule has 0 saturated carbocycles. The Morgan fingerprint density at radius 3 is 2.50 bits per heavy atom. The SMILES string of the molecule is CC=CCC(C#N)CC=C(C)C. The summed E-state index contributed by atoms with van der Waals surface area (Å²) in [7, 11) is 0. The predicted octanol–water partition coefficient (Wildman–Crippen LogP) is 3.45. The molecule has 0 N–H and O–H groups in total. The molecular formula is C11H17N. The van der Waals surface area contributed by atoms with Crippen LogP contribution in [0, 0.1) is 17.2 Å². The molecule has 0 aromatic carbocycles. The van der Waals surface area contributed by atoms with Crippen molar-refractivity contribution in [2.45, 2.75) is 33.6 Å². The predicted molar refractivity (Wildman–Crippen MR) is 52.6 cm³/mol. The van der Waals surface area contributed by atoms with E-state index in [1.165, 1.54) is 5.57 Å². The second-order valence-electron chi connectivity index (χ2n) is 3.15. The van der Waals surface area contributed by atoms with Gasteiger partial charge in [-0.05, 0) is 33.6 Å². The van der Waals surface area contributed by atoms with E-state index in [1.807, 2.05) is 19.1 Å². The molecule has 0 aliphatic rings. The summed E-state index contributed by atoms with van der Waals surface area (Å²) in [5.74, 6) is 0.149. The summed E-state index contributed by atoms with van der Waals surface area (Å²) < 4.78 is 0. The van der Waals surface area contributed by atoms with Gasteiger partial charge in [0.25, 0.3) is 0 Å². The molecule has 0 radical (unpaired) electrons. The number of hydrogen-bond acceptors (Lipinski definition) is 1. The van der Waals surface area contributed by atoms with Crippen LogP contribution in [0.5, 0.6) is 0 Å². The molecule has 0 bridgehead atoms. The van der Waals surface area contributed by atoms with Gasteiger partial charge in [-0.2, -0.15) is 5.26 Å². The van der Waals surface area contributed by atoms with Crippen LogP contribution in [-0.4, -0.2) is 0 Å². The standard InChI is InChI=1S/C11H17N/c1-4-5-6-11(9-12)8-7-10(2)3/h4-5,7,11H,6,8H2,1-3H3. The highest BCUT2D eigenvalue weighted by molar-refractivity contribution is 5.00. The van der Waals surface area contributed by atoms with Gasteiger partial charge >= 0.3 is 0 Å². The normalized spacial score (nSPS) is 12.5. The van der Waals surface area contributed by atoms with Crippen LogP contribution in [0.15, 0.2) is 23.8 Å². The maximum absolute atomic E-state index is 8.75. The van der Waals surface area contributed by atoms with Crippen LogP contribution in [0.25, 0.3) is 0 Å². The van der Waals surface area contributed by atoms with E-state index in [4.69, 9.17) is 5.26 Å². The Morgan fingerprint density at radius 2 is 2.08 bits per heavy atom. The van der Waals surface area contributed by atoms with E-state index in [1.54, 1.807) is 0 Å². The van der Waals surface area contributed by atoms with Gasteiger partial charge in [0.05, 0.1) is 12.0 Å². The average molecular weight is 163 g/mol. The van der Waals surface area contributed by atoms with Gasteiger partial charge in [0.1, 0.15) is 0 Å². The molecule has 0 spiro atoms. The van der Waals surface area contributed by atoms with Crippen LogP contribution in [0.2, 0.25) is 0 Å². The molecule has 0 aromatic rings. The molecule has 0 fully saturated rings. The molecule has 0 amide bonds. The smallest absolute Gasteiger partial charge is 0.0662 e. The van der Waals surface area contributed by atoms with Crippen LogP contribution in [0.4, 0.5) is 0 Å². The molecule has 0 rings (SSSR count). The van der Waals surface area contributed by atoms with Crippen LogP contribution in [0.1, 0.15) is 33.6 Å². The minimum atomic E-state index is 0.149. The van der Waals surface area contributed by atoms with Gasteiger partial charge in [-0.15, -0.1) is 0 Å². The highest BCUT2D eigenvalue weighted by Crippen LogP contribution is 2.10. The fourth-order valence-corrected chi connectivity index (χ4v) is 0.880. The minimum absolute atomic E-state index is 0.149. The second-order valence-corrected chi connectivity index (χ2v) is 3.15. The molecule has 0 aliphatic heterocycles. The Labute approximate surface area is 75.4 Å². The first-order valence-electron chi connectivity index (χ1n) is 4.34. The molecular weight excluding hydrogens is 146 g/mol. The van der Waals surface area contributed by atoms with Gasteiger partial charge in [0.2, 0.25) is 0 Å². The molecule has 1 atom stereocenters. The lowest BCUT2D eigenvalue weighted by molar-refractivity contribution is 0.687. The molecule has 66 valence electrons. The molecule has 1 unspecified atom stereocenters. The molecule has 1 nitrogen and oxygen atoms in total. The van der Waals surface area contributed by atoms with Crippen LogP contribution in [0.3, 0.4) is 0 Å². The number of rotatable bonds is 4. The Kier molecular flexibility index (Phi) is 6.09. The highest BCUT2D eigenvalue weighted by Gasteiger charge is 2.01. The van der Waals surface area contributed by atoms with Crippen molar-refractivity contribution < 1.29 is 0 Å². The number of allylic oxidation sites excluding steroid dienone is 4. The highest BCUT2D eigenvalue weighted by atomic mass is 14.3. The van der Waals surface area contributed by atoms with Crippen LogP contribution >= 0.6 is 0 Å². The van der Waals surface area contributed by atoms with Crippen molar-refractivity contribution in [1.29, 1.82) is 5.26 Å². The monoisotopic (exact) mass is 163 g/mol. The second kappa shape index (κ2) is 6.67. The third-order valence-electron chi connectivity index (χ3n) is 1.65. The van der Waals surface area contributed by atoms with Crippen molar-refractivity contribution in [1.82, 2.24) is 0 Å². The summed E-state index contributed by atoms with van der Waals surface area (Å²) in [4.78, 5) is 0. The third-order valence-corrected chi connectivity index (χ3v) is 1.65. The average Bonchev–Trinajstić information content (AvgIpc) is 2.05. The first-order chi connectivity index (χ1) is 5.70. The van der Waals surface area contributed by atoms with Crippen molar-refractivity contribution in [2.24, 2.45) is 5.92 Å². The van der Waals surface area contributed by atoms with E-state index in [2.05, 4.69) is 26.0 Å². The maximum Gasteiger partial charge on any atom is 0.0662 e. The van der Waals surface area contributed by atoms with Crippen molar-refractivity contribution in [3.63, 3.8) is 0 Å². The molecule has 12 heavy (non-hydrogen) atoms. The van der Waals surface area contributed by atoms with E-state index < -0.39 is 0 Å². The fraction of sp³-hybridized carbons (Fsp3) is 0.545. The maximum atomic E-state index is 8.75. The Morgan fingerprint density at radius 1 is 1.42 bits per heavy atom. The van der Waals surface area contributed by atoms with E-state index >= 15 is 0 Å². The molecule has 0 aromatic heterocycles. The van der Waals surface area contributed by atoms with Crippen LogP contribution in [-0.2, 0) is 0 Å². The van der Waals surface area contributed by atoms with E-state index in [0.717, 1.165) is 12.8 Å². The number of hydrogen-bond donors (Lipinski definition) is 0. The van der Waals surface area contributed by atoms with Gasteiger partial charge in [-0.1, -0.05) is 23.8 Å². The van der Waals surface area contributed by atoms with Crippen LogP contribution < -0.4 is 0 Å². The van der Waals surface area contributed by atoms with E-state index in [0.29, 0.717) is 0 Å². The Hall–Kier alpha value is -1.03. The van der Waals surface area contributed by atoms with Crippen molar-refractivity contribution in [3.8, 4) is 6.07 Å². The van der Waals surface area contributed by atoms with Crippen molar-refractivity contribution >= 4 is 0 Å². The summed E-state index contributed by atoms with van der Waals surface area (Å²) in [6.07, 6.45) is 7.91. The lowest BCUT2D eigenvalue weighted by atomic mass is 10.0. The Balaban J connectivity index is 3.86. The summed E-state index contributed by atoms with van der Waals surface area (Å²) >= 11 is 0. The first kappa shape index (κ1) is 11.0. The Bertz CT molecular complexity index is 202. The largest absolute Gasteiger partial charge is 0.198 e. The lowest BCUT2D eigenvalue weighted by Gasteiger charge is -2.01. The fourth-order valence-electron chi connectivity index (χ4n) is 0.880. The van der Waals surface area contributed by atoms with Gasteiger partial charge in [-0.25, -0.2) is 0 Å². The summed E-state index contributed by atoms with van der Waals surface area (Å²) in [5, 5.41) is 8.75. The molecule has 0 heterocycles. The summed E-state index contributed by atoms with van der Waals surface area (Å²) in [6, 6.07) is 2.30. The zero-order valence-corrected chi connectivity index (χ0v) is 8.17.